The molecule has 0 aliphatic heterocycles. The van der Waals surface area contributed by atoms with Gasteiger partial charge in [-0.1, -0.05) is 6.07 Å². The number of anilines is 1. The van der Waals surface area contributed by atoms with E-state index in [-0.39, 0.29) is 22.6 Å². The average molecular weight is 287 g/mol. The van der Waals surface area contributed by atoms with Crippen LogP contribution in [0.25, 0.3) is 0 Å². The summed E-state index contributed by atoms with van der Waals surface area (Å²) in [6.45, 7) is 5.04. The maximum atomic E-state index is 11.1. The van der Waals surface area contributed by atoms with Crippen molar-refractivity contribution < 1.29 is 9.66 Å². The normalized spacial score (nSPS) is 10.8. The van der Waals surface area contributed by atoms with Gasteiger partial charge in [-0.3, -0.25) is 10.1 Å². The third-order valence-electron chi connectivity index (χ3n) is 2.68. The highest BCUT2D eigenvalue weighted by Gasteiger charge is 2.17. The molecule has 0 saturated heterocycles. The number of rotatable bonds is 7. The Kier molecular flexibility index (Phi) is 6.05. The van der Waals surface area contributed by atoms with Gasteiger partial charge in [0.2, 0.25) is 0 Å². The summed E-state index contributed by atoms with van der Waals surface area (Å²) in [6, 6.07) is 5.04. The third-order valence-corrected chi connectivity index (χ3v) is 2.99. The quantitative estimate of drug-likeness (QED) is 0.439. The molecular formula is C13H19ClN2O3. The summed E-state index contributed by atoms with van der Waals surface area (Å²) in [5, 5.41) is 11.1. The summed E-state index contributed by atoms with van der Waals surface area (Å²) in [4.78, 5) is 12.5. The first-order valence-corrected chi connectivity index (χ1v) is 6.65. The Morgan fingerprint density at radius 3 is 2.68 bits per heavy atom. The Hall–Kier alpha value is -1.33. The standard InChI is InChI=1S/C13H19ClN2O3/c1-10(2)19-7-6-15(3)12-5-4-11(9-14)8-13(12)16(17)18/h4-5,8,10H,6-7,9H2,1-3H3. The van der Waals surface area contributed by atoms with Gasteiger partial charge in [-0.2, -0.15) is 0 Å². The van der Waals surface area contributed by atoms with E-state index in [9.17, 15) is 10.1 Å². The molecule has 0 radical (unpaired) electrons. The molecule has 0 spiro atoms. The van der Waals surface area contributed by atoms with Crippen molar-refractivity contribution in [3.63, 3.8) is 0 Å². The van der Waals surface area contributed by atoms with Crippen molar-refractivity contribution in [1.29, 1.82) is 0 Å². The number of nitro groups is 1. The number of ether oxygens (including phenoxy) is 1. The lowest BCUT2D eigenvalue weighted by atomic mass is 10.2. The van der Waals surface area contributed by atoms with E-state index in [0.29, 0.717) is 18.8 Å². The van der Waals surface area contributed by atoms with Crippen molar-refractivity contribution in [2.24, 2.45) is 0 Å². The number of nitro benzene ring substituents is 1. The minimum atomic E-state index is -0.384. The molecule has 0 aliphatic carbocycles. The lowest BCUT2D eigenvalue weighted by Crippen LogP contribution is -2.24. The zero-order chi connectivity index (χ0) is 14.4. The van der Waals surface area contributed by atoms with Crippen LogP contribution >= 0.6 is 11.6 Å². The van der Waals surface area contributed by atoms with Crippen LogP contribution in [0.15, 0.2) is 18.2 Å². The molecule has 106 valence electrons. The van der Waals surface area contributed by atoms with Crippen molar-refractivity contribution in [1.82, 2.24) is 0 Å². The summed E-state index contributed by atoms with van der Waals surface area (Å²) in [7, 11) is 1.81. The lowest BCUT2D eigenvalue weighted by Gasteiger charge is -2.20. The Labute approximate surface area is 118 Å². The van der Waals surface area contributed by atoms with E-state index in [0.717, 1.165) is 5.56 Å². The van der Waals surface area contributed by atoms with Crippen LogP contribution in [0.4, 0.5) is 11.4 Å². The van der Waals surface area contributed by atoms with Crippen LogP contribution in [0.3, 0.4) is 0 Å². The third kappa shape index (κ3) is 4.69. The number of halogens is 1. The molecular weight excluding hydrogens is 268 g/mol. The summed E-state index contributed by atoms with van der Waals surface area (Å²) < 4.78 is 5.45. The predicted octanol–water partition coefficient (Wildman–Crippen LogP) is 3.19. The lowest BCUT2D eigenvalue weighted by molar-refractivity contribution is -0.384. The van der Waals surface area contributed by atoms with Gasteiger partial charge in [0.25, 0.3) is 5.69 Å². The Morgan fingerprint density at radius 2 is 2.16 bits per heavy atom. The van der Waals surface area contributed by atoms with Crippen LogP contribution in [-0.2, 0) is 10.6 Å². The van der Waals surface area contributed by atoms with Crippen molar-refractivity contribution in [3.8, 4) is 0 Å². The molecule has 0 saturated carbocycles. The zero-order valence-corrected chi connectivity index (χ0v) is 12.2. The second-order valence-electron chi connectivity index (χ2n) is 4.55. The number of hydrogen-bond acceptors (Lipinski definition) is 4. The largest absolute Gasteiger partial charge is 0.377 e. The first-order valence-electron chi connectivity index (χ1n) is 6.11. The molecule has 0 aromatic heterocycles. The molecule has 6 heteroatoms. The molecule has 19 heavy (non-hydrogen) atoms. The number of benzene rings is 1. The summed E-state index contributed by atoms with van der Waals surface area (Å²) in [5.74, 6) is 0.265. The number of likely N-dealkylation sites (N-methyl/N-ethyl adjacent to an activating group) is 1. The second-order valence-corrected chi connectivity index (χ2v) is 4.82. The van der Waals surface area contributed by atoms with E-state index in [1.165, 1.54) is 6.07 Å². The highest BCUT2D eigenvalue weighted by molar-refractivity contribution is 6.17. The smallest absolute Gasteiger partial charge is 0.292 e. The first kappa shape index (κ1) is 15.7. The van der Waals surface area contributed by atoms with Gasteiger partial charge in [-0.15, -0.1) is 11.6 Å². The fraction of sp³-hybridized carbons (Fsp3) is 0.538. The van der Waals surface area contributed by atoms with Gasteiger partial charge >= 0.3 is 0 Å². The second kappa shape index (κ2) is 7.31. The molecule has 0 bridgehead atoms. The molecule has 0 aliphatic rings. The van der Waals surface area contributed by atoms with Crippen LogP contribution < -0.4 is 4.90 Å². The van der Waals surface area contributed by atoms with Crippen molar-refractivity contribution in [2.75, 3.05) is 25.1 Å². The monoisotopic (exact) mass is 286 g/mol. The van der Waals surface area contributed by atoms with E-state index in [1.54, 1.807) is 12.1 Å². The van der Waals surface area contributed by atoms with E-state index in [1.807, 2.05) is 25.8 Å². The van der Waals surface area contributed by atoms with E-state index >= 15 is 0 Å². The Morgan fingerprint density at radius 1 is 1.47 bits per heavy atom. The minimum Gasteiger partial charge on any atom is -0.377 e. The van der Waals surface area contributed by atoms with E-state index in [2.05, 4.69) is 0 Å². The van der Waals surface area contributed by atoms with Gasteiger partial charge in [-0.05, 0) is 25.5 Å². The molecule has 0 atom stereocenters. The number of hydrogen-bond donors (Lipinski definition) is 0. The fourth-order valence-corrected chi connectivity index (χ4v) is 1.83. The SMILES string of the molecule is CC(C)OCCN(C)c1ccc(CCl)cc1[N+](=O)[O-]. The summed E-state index contributed by atoms with van der Waals surface area (Å²) >= 11 is 5.70. The van der Waals surface area contributed by atoms with Gasteiger partial charge in [0, 0.05) is 25.5 Å². The highest BCUT2D eigenvalue weighted by Crippen LogP contribution is 2.28. The Balaban J connectivity index is 2.83. The predicted molar refractivity (Wildman–Crippen MR) is 77.0 cm³/mol. The molecule has 1 aromatic carbocycles. The molecule has 0 unspecified atom stereocenters. The maximum absolute atomic E-state index is 11.1. The van der Waals surface area contributed by atoms with Gasteiger partial charge < -0.3 is 9.64 Å². The van der Waals surface area contributed by atoms with Crippen LogP contribution in [0.1, 0.15) is 19.4 Å². The molecule has 1 rings (SSSR count). The van der Waals surface area contributed by atoms with Gasteiger partial charge in [0.05, 0.1) is 17.6 Å². The highest BCUT2D eigenvalue weighted by atomic mass is 35.5. The first-order chi connectivity index (χ1) is 8.95. The Bertz CT molecular complexity index is 438. The van der Waals surface area contributed by atoms with Crippen molar-refractivity contribution in [2.45, 2.75) is 25.8 Å². The summed E-state index contributed by atoms with van der Waals surface area (Å²) in [6.07, 6.45) is 0.155. The van der Waals surface area contributed by atoms with Crippen LogP contribution in [-0.4, -0.2) is 31.2 Å². The minimum absolute atomic E-state index is 0.0743. The number of alkyl halides is 1. The molecule has 0 heterocycles. The maximum Gasteiger partial charge on any atom is 0.292 e. The molecule has 5 nitrogen and oxygen atoms in total. The van der Waals surface area contributed by atoms with Crippen molar-refractivity contribution in [3.05, 3.63) is 33.9 Å². The van der Waals surface area contributed by atoms with Gasteiger partial charge in [0.1, 0.15) is 5.69 Å². The molecule has 0 N–H and O–H groups in total. The van der Waals surface area contributed by atoms with Gasteiger partial charge in [-0.25, -0.2) is 0 Å². The fourth-order valence-electron chi connectivity index (χ4n) is 1.67. The molecule has 1 aromatic rings. The molecule has 0 amide bonds. The van der Waals surface area contributed by atoms with Crippen molar-refractivity contribution >= 4 is 23.0 Å². The summed E-state index contributed by atoms with van der Waals surface area (Å²) in [5.41, 5.74) is 1.39. The van der Waals surface area contributed by atoms with E-state index in [4.69, 9.17) is 16.3 Å². The zero-order valence-electron chi connectivity index (χ0n) is 11.4. The average Bonchev–Trinajstić information content (AvgIpc) is 2.37. The van der Waals surface area contributed by atoms with Crippen LogP contribution in [0, 0.1) is 10.1 Å². The van der Waals surface area contributed by atoms with E-state index < -0.39 is 0 Å². The van der Waals surface area contributed by atoms with Crippen LogP contribution in [0.5, 0.6) is 0 Å². The van der Waals surface area contributed by atoms with Gasteiger partial charge in [0.15, 0.2) is 0 Å². The molecule has 0 fully saturated rings. The number of nitrogens with zero attached hydrogens (tertiary/aromatic N) is 2. The topological polar surface area (TPSA) is 55.6 Å². The van der Waals surface area contributed by atoms with Crippen LogP contribution in [0.2, 0.25) is 0 Å².